The van der Waals surface area contributed by atoms with Gasteiger partial charge in [0.05, 0.1) is 13.2 Å². The van der Waals surface area contributed by atoms with Crippen LogP contribution in [0.5, 0.6) is 0 Å². The molecule has 1 atom stereocenters. The van der Waals surface area contributed by atoms with Gasteiger partial charge < -0.3 is 19.9 Å². The zero-order chi connectivity index (χ0) is 19.5. The molecule has 1 aromatic carbocycles. The van der Waals surface area contributed by atoms with E-state index >= 15 is 0 Å². The largest absolute Gasteiger partial charge is 0.378 e. The molecule has 148 valence electrons. The highest BCUT2D eigenvalue weighted by molar-refractivity contribution is 7.14. The lowest BCUT2D eigenvalue weighted by Crippen LogP contribution is -2.51. The number of nitrogens with one attached hydrogen (secondary N) is 1. The predicted molar refractivity (Wildman–Crippen MR) is 103 cm³/mol. The van der Waals surface area contributed by atoms with Gasteiger partial charge >= 0.3 is 0 Å². The van der Waals surface area contributed by atoms with Crippen LogP contribution in [0.25, 0.3) is 0 Å². The molecule has 7 nitrogen and oxygen atoms in total. The standard InChI is InChI=1S/C19H21FN4O3S/c20-13-3-5-14(6-4-13)21-19-22-15(12-28-19)17(25)24-7-1-2-16(24)18(26)23-8-10-27-11-9-23/h3-6,12,16H,1-2,7-11H2,(H,21,22). The van der Waals surface area contributed by atoms with Crippen molar-refractivity contribution in [3.8, 4) is 0 Å². The molecule has 2 amide bonds. The summed E-state index contributed by atoms with van der Waals surface area (Å²) in [5, 5.41) is 5.29. The van der Waals surface area contributed by atoms with Crippen LogP contribution in [0.1, 0.15) is 23.3 Å². The number of anilines is 2. The summed E-state index contributed by atoms with van der Waals surface area (Å²) in [6.45, 7) is 2.77. The molecule has 28 heavy (non-hydrogen) atoms. The molecule has 3 heterocycles. The third-order valence-electron chi connectivity index (χ3n) is 4.94. The first-order valence-corrected chi connectivity index (χ1v) is 10.2. The maximum atomic E-state index is 13.0. The molecule has 1 unspecified atom stereocenters. The second-order valence-corrected chi connectivity index (χ2v) is 7.62. The average Bonchev–Trinajstić information content (AvgIpc) is 3.39. The van der Waals surface area contributed by atoms with E-state index in [1.807, 2.05) is 0 Å². The Morgan fingerprint density at radius 3 is 2.68 bits per heavy atom. The number of nitrogens with zero attached hydrogens (tertiary/aromatic N) is 3. The molecule has 0 spiro atoms. The molecule has 0 radical (unpaired) electrons. The maximum Gasteiger partial charge on any atom is 0.274 e. The molecule has 0 bridgehead atoms. The van der Waals surface area contributed by atoms with Crippen LogP contribution in [0.3, 0.4) is 0 Å². The summed E-state index contributed by atoms with van der Waals surface area (Å²) in [5.74, 6) is -0.549. The Morgan fingerprint density at radius 2 is 1.93 bits per heavy atom. The van der Waals surface area contributed by atoms with Crippen LogP contribution in [-0.2, 0) is 9.53 Å². The van der Waals surface area contributed by atoms with Gasteiger partial charge in [-0.2, -0.15) is 0 Å². The number of halogens is 1. The number of rotatable bonds is 4. The van der Waals surface area contributed by atoms with Gasteiger partial charge in [-0.3, -0.25) is 9.59 Å². The number of likely N-dealkylation sites (tertiary alicyclic amines) is 1. The van der Waals surface area contributed by atoms with E-state index in [0.717, 1.165) is 6.42 Å². The number of ether oxygens (including phenoxy) is 1. The number of hydrogen-bond acceptors (Lipinski definition) is 6. The summed E-state index contributed by atoms with van der Waals surface area (Å²) in [6, 6.07) is 5.49. The summed E-state index contributed by atoms with van der Waals surface area (Å²) in [5.41, 5.74) is 1.01. The number of morpholine rings is 1. The fourth-order valence-corrected chi connectivity index (χ4v) is 4.20. The Labute approximate surface area is 166 Å². The van der Waals surface area contributed by atoms with E-state index in [-0.39, 0.29) is 17.6 Å². The van der Waals surface area contributed by atoms with Crippen LogP contribution in [-0.4, -0.2) is 65.5 Å². The first kappa shape index (κ1) is 18.8. The maximum absolute atomic E-state index is 13.0. The number of carbonyl (C=O) groups is 2. The molecular weight excluding hydrogens is 383 g/mol. The lowest BCUT2D eigenvalue weighted by atomic mass is 10.1. The van der Waals surface area contributed by atoms with Crippen molar-refractivity contribution < 1.29 is 18.7 Å². The number of aromatic nitrogens is 1. The van der Waals surface area contributed by atoms with E-state index in [2.05, 4.69) is 10.3 Å². The normalized spacial score (nSPS) is 19.7. The second kappa shape index (κ2) is 8.24. The van der Waals surface area contributed by atoms with E-state index in [1.54, 1.807) is 27.3 Å². The zero-order valence-corrected chi connectivity index (χ0v) is 16.1. The van der Waals surface area contributed by atoms with Gasteiger partial charge in [0.15, 0.2) is 5.13 Å². The summed E-state index contributed by atoms with van der Waals surface area (Å²) in [6.07, 6.45) is 1.48. The molecule has 2 saturated heterocycles. The van der Waals surface area contributed by atoms with Crippen LogP contribution < -0.4 is 5.32 Å². The zero-order valence-electron chi connectivity index (χ0n) is 15.3. The molecular formula is C19H21FN4O3S. The monoisotopic (exact) mass is 404 g/mol. The quantitative estimate of drug-likeness (QED) is 0.848. The molecule has 2 aliphatic heterocycles. The van der Waals surface area contributed by atoms with Crippen LogP contribution in [0, 0.1) is 5.82 Å². The summed E-state index contributed by atoms with van der Waals surface area (Å²) in [7, 11) is 0. The molecule has 1 N–H and O–H groups in total. The molecule has 4 rings (SSSR count). The third-order valence-corrected chi connectivity index (χ3v) is 5.70. The molecule has 1 aromatic heterocycles. The van der Waals surface area contributed by atoms with Gasteiger partial charge in [-0.1, -0.05) is 0 Å². The average molecular weight is 404 g/mol. The first-order chi connectivity index (χ1) is 13.6. The van der Waals surface area contributed by atoms with E-state index in [1.165, 1.54) is 23.5 Å². The minimum Gasteiger partial charge on any atom is -0.378 e. The van der Waals surface area contributed by atoms with Gasteiger partial charge in [-0.15, -0.1) is 11.3 Å². The minimum atomic E-state index is -0.430. The molecule has 0 saturated carbocycles. The molecule has 9 heteroatoms. The summed E-state index contributed by atoms with van der Waals surface area (Å²) in [4.78, 5) is 33.6. The number of thiazole rings is 1. The fourth-order valence-electron chi connectivity index (χ4n) is 3.49. The summed E-state index contributed by atoms with van der Waals surface area (Å²) >= 11 is 1.30. The lowest BCUT2D eigenvalue weighted by molar-refractivity contribution is -0.139. The van der Waals surface area contributed by atoms with E-state index in [4.69, 9.17) is 4.74 Å². The molecule has 2 aromatic rings. The smallest absolute Gasteiger partial charge is 0.274 e. The minimum absolute atomic E-state index is 0.00552. The van der Waals surface area contributed by atoms with Gasteiger partial charge in [0.2, 0.25) is 5.91 Å². The van der Waals surface area contributed by atoms with Gasteiger partial charge in [0.25, 0.3) is 5.91 Å². The van der Waals surface area contributed by atoms with Gasteiger partial charge in [0, 0.05) is 30.7 Å². The topological polar surface area (TPSA) is 74.8 Å². The highest BCUT2D eigenvalue weighted by Crippen LogP contribution is 2.26. The van der Waals surface area contributed by atoms with Crippen LogP contribution >= 0.6 is 11.3 Å². The Balaban J connectivity index is 1.44. The Kier molecular flexibility index (Phi) is 5.54. The van der Waals surface area contributed by atoms with Gasteiger partial charge in [-0.25, -0.2) is 9.37 Å². The van der Waals surface area contributed by atoms with Crippen molar-refractivity contribution in [2.75, 3.05) is 38.2 Å². The first-order valence-electron chi connectivity index (χ1n) is 9.27. The molecule has 2 aliphatic rings. The van der Waals surface area contributed by atoms with E-state index in [0.29, 0.717) is 55.8 Å². The van der Waals surface area contributed by atoms with Crippen molar-refractivity contribution in [2.45, 2.75) is 18.9 Å². The Morgan fingerprint density at radius 1 is 1.18 bits per heavy atom. The molecule has 0 aliphatic carbocycles. The van der Waals surface area contributed by atoms with E-state index < -0.39 is 6.04 Å². The number of amides is 2. The van der Waals surface area contributed by atoms with Crippen LogP contribution in [0.2, 0.25) is 0 Å². The highest BCUT2D eigenvalue weighted by atomic mass is 32.1. The van der Waals surface area contributed by atoms with Crippen molar-refractivity contribution in [1.82, 2.24) is 14.8 Å². The third kappa shape index (κ3) is 4.00. The lowest BCUT2D eigenvalue weighted by Gasteiger charge is -2.32. The Hall–Kier alpha value is -2.52. The van der Waals surface area contributed by atoms with Crippen molar-refractivity contribution >= 4 is 34.0 Å². The second-order valence-electron chi connectivity index (χ2n) is 6.76. The Bertz CT molecular complexity index is 851. The number of benzene rings is 1. The predicted octanol–water partition coefficient (Wildman–Crippen LogP) is 2.49. The summed E-state index contributed by atoms with van der Waals surface area (Å²) < 4.78 is 18.3. The molecule has 2 fully saturated rings. The fraction of sp³-hybridized carbons (Fsp3) is 0.421. The highest BCUT2D eigenvalue weighted by Gasteiger charge is 2.37. The van der Waals surface area contributed by atoms with Crippen molar-refractivity contribution in [2.24, 2.45) is 0 Å². The van der Waals surface area contributed by atoms with Crippen LogP contribution in [0.4, 0.5) is 15.2 Å². The van der Waals surface area contributed by atoms with Crippen LogP contribution in [0.15, 0.2) is 29.6 Å². The van der Waals surface area contributed by atoms with Crippen molar-refractivity contribution in [3.63, 3.8) is 0 Å². The van der Waals surface area contributed by atoms with E-state index in [9.17, 15) is 14.0 Å². The van der Waals surface area contributed by atoms with Crippen molar-refractivity contribution in [3.05, 3.63) is 41.2 Å². The van der Waals surface area contributed by atoms with Gasteiger partial charge in [-0.05, 0) is 37.1 Å². The van der Waals surface area contributed by atoms with Crippen molar-refractivity contribution in [1.29, 1.82) is 0 Å². The number of carbonyl (C=O) groups excluding carboxylic acids is 2. The SMILES string of the molecule is O=C(C1CCCN1C(=O)c1csc(Nc2ccc(F)cc2)n1)N1CCOCC1. The number of hydrogen-bond donors (Lipinski definition) is 1. The van der Waals surface area contributed by atoms with Gasteiger partial charge in [0.1, 0.15) is 17.6 Å².